The third kappa shape index (κ3) is 3.78. The van der Waals surface area contributed by atoms with Crippen LogP contribution in [0.1, 0.15) is 48.7 Å². The number of piperidine rings is 1. The van der Waals surface area contributed by atoms with E-state index in [1.54, 1.807) is 18.5 Å². The molecule has 2 aromatic rings. The lowest BCUT2D eigenvalue weighted by molar-refractivity contribution is 0.0689. The van der Waals surface area contributed by atoms with Crippen molar-refractivity contribution in [1.82, 2.24) is 19.7 Å². The molecular formula is C18H24N4O. The molecule has 0 spiro atoms. The Morgan fingerprint density at radius 3 is 2.74 bits per heavy atom. The van der Waals surface area contributed by atoms with Crippen molar-refractivity contribution >= 4 is 5.91 Å². The van der Waals surface area contributed by atoms with Gasteiger partial charge in [-0.3, -0.25) is 14.5 Å². The van der Waals surface area contributed by atoms with Crippen LogP contribution in [0, 0.1) is 5.92 Å². The summed E-state index contributed by atoms with van der Waals surface area (Å²) in [6.45, 7) is 6.00. The summed E-state index contributed by atoms with van der Waals surface area (Å²) < 4.78 is 2.09. The van der Waals surface area contributed by atoms with Crippen molar-refractivity contribution in [3.8, 4) is 0 Å². The predicted octanol–water partition coefficient (Wildman–Crippen LogP) is 2.95. The molecule has 0 radical (unpaired) electrons. The van der Waals surface area contributed by atoms with Crippen molar-refractivity contribution in [2.45, 2.75) is 39.2 Å². The van der Waals surface area contributed by atoms with E-state index in [2.05, 4.69) is 34.8 Å². The molecule has 1 amide bonds. The maximum Gasteiger partial charge on any atom is 0.255 e. The van der Waals surface area contributed by atoms with Gasteiger partial charge in [-0.1, -0.05) is 13.8 Å². The van der Waals surface area contributed by atoms with Crippen LogP contribution in [0.5, 0.6) is 0 Å². The van der Waals surface area contributed by atoms with Gasteiger partial charge in [-0.05, 0) is 42.9 Å². The van der Waals surface area contributed by atoms with Crippen LogP contribution in [0.25, 0.3) is 0 Å². The third-order valence-corrected chi connectivity index (χ3v) is 4.33. The first-order valence-corrected chi connectivity index (χ1v) is 8.36. The molecule has 5 nitrogen and oxygen atoms in total. The van der Waals surface area contributed by atoms with Crippen molar-refractivity contribution in [1.29, 1.82) is 0 Å². The fourth-order valence-electron chi connectivity index (χ4n) is 3.16. The van der Waals surface area contributed by atoms with Crippen molar-refractivity contribution in [2.75, 3.05) is 13.1 Å². The van der Waals surface area contributed by atoms with Crippen LogP contribution < -0.4 is 0 Å². The van der Waals surface area contributed by atoms with E-state index >= 15 is 0 Å². The Kier molecular flexibility index (Phi) is 4.74. The number of carbonyl (C=O) groups excluding carboxylic acids is 1. The van der Waals surface area contributed by atoms with Gasteiger partial charge in [0.15, 0.2) is 0 Å². The van der Waals surface area contributed by atoms with E-state index in [4.69, 9.17) is 0 Å². The highest BCUT2D eigenvalue weighted by Gasteiger charge is 2.25. The number of hydrogen-bond acceptors (Lipinski definition) is 3. The van der Waals surface area contributed by atoms with Crippen LogP contribution in [0.4, 0.5) is 0 Å². The topological polar surface area (TPSA) is 51.0 Å². The Labute approximate surface area is 137 Å². The number of pyridine rings is 1. The Balaban J connectivity index is 1.58. The molecule has 5 heteroatoms. The smallest absolute Gasteiger partial charge is 0.255 e. The van der Waals surface area contributed by atoms with Gasteiger partial charge in [-0.2, -0.15) is 5.10 Å². The molecule has 3 rings (SSSR count). The number of carbonyl (C=O) groups is 1. The first-order valence-electron chi connectivity index (χ1n) is 8.36. The Morgan fingerprint density at radius 2 is 2.09 bits per heavy atom. The molecule has 122 valence electrons. The molecule has 1 saturated heterocycles. The van der Waals surface area contributed by atoms with E-state index in [-0.39, 0.29) is 5.91 Å². The van der Waals surface area contributed by atoms with Crippen molar-refractivity contribution in [3.63, 3.8) is 0 Å². The van der Waals surface area contributed by atoms with Crippen LogP contribution in [0.2, 0.25) is 0 Å². The number of likely N-dealkylation sites (tertiary alicyclic amines) is 1. The highest BCUT2D eigenvalue weighted by atomic mass is 16.2. The first kappa shape index (κ1) is 15.7. The van der Waals surface area contributed by atoms with Crippen LogP contribution in [-0.2, 0) is 6.42 Å². The maximum absolute atomic E-state index is 12.4. The fraction of sp³-hybridized carbons (Fsp3) is 0.500. The van der Waals surface area contributed by atoms with Crippen LogP contribution in [0.3, 0.4) is 0 Å². The number of amides is 1. The first-order chi connectivity index (χ1) is 11.1. The molecule has 1 aliphatic heterocycles. The number of aromatic nitrogens is 3. The summed E-state index contributed by atoms with van der Waals surface area (Å²) >= 11 is 0. The summed E-state index contributed by atoms with van der Waals surface area (Å²) in [5.41, 5.74) is 1.97. The zero-order valence-corrected chi connectivity index (χ0v) is 13.9. The molecule has 0 N–H and O–H groups in total. The van der Waals surface area contributed by atoms with E-state index in [1.165, 1.54) is 5.56 Å². The van der Waals surface area contributed by atoms with Crippen molar-refractivity contribution < 1.29 is 4.79 Å². The second-order valence-electron chi connectivity index (χ2n) is 6.69. The minimum atomic E-state index is 0.0810. The van der Waals surface area contributed by atoms with E-state index in [0.717, 1.165) is 32.4 Å². The summed E-state index contributed by atoms with van der Waals surface area (Å²) in [6, 6.07) is 4.03. The quantitative estimate of drug-likeness (QED) is 0.872. The summed E-state index contributed by atoms with van der Waals surface area (Å²) in [7, 11) is 0. The maximum atomic E-state index is 12.4. The molecule has 1 aliphatic rings. The standard InChI is InChI=1S/C18H24N4O/c1-14(2)10-15-11-20-22(13-15)17-5-8-21(9-6-17)18(23)16-4-3-7-19-12-16/h3-4,7,11-14,17H,5-6,8-10H2,1-2H3. The Hall–Kier alpha value is -2.17. The minimum absolute atomic E-state index is 0.0810. The minimum Gasteiger partial charge on any atom is -0.338 e. The number of hydrogen-bond donors (Lipinski definition) is 0. The highest BCUT2D eigenvalue weighted by Crippen LogP contribution is 2.23. The molecule has 0 aromatic carbocycles. The summed E-state index contributed by atoms with van der Waals surface area (Å²) in [6.07, 6.45) is 10.5. The average molecular weight is 312 g/mol. The second-order valence-corrected chi connectivity index (χ2v) is 6.69. The Morgan fingerprint density at radius 1 is 1.30 bits per heavy atom. The van der Waals surface area contributed by atoms with Crippen LogP contribution in [0.15, 0.2) is 36.9 Å². The van der Waals surface area contributed by atoms with E-state index in [1.807, 2.05) is 17.2 Å². The molecular weight excluding hydrogens is 288 g/mol. The number of rotatable bonds is 4. The molecule has 3 heterocycles. The van der Waals surface area contributed by atoms with E-state index in [0.29, 0.717) is 17.5 Å². The van der Waals surface area contributed by atoms with Crippen LogP contribution in [-0.4, -0.2) is 38.7 Å². The van der Waals surface area contributed by atoms with Gasteiger partial charge in [-0.25, -0.2) is 0 Å². The van der Waals surface area contributed by atoms with E-state index < -0.39 is 0 Å². The van der Waals surface area contributed by atoms with Gasteiger partial charge in [0.2, 0.25) is 0 Å². The lowest BCUT2D eigenvalue weighted by Crippen LogP contribution is -2.39. The molecule has 0 atom stereocenters. The number of nitrogens with zero attached hydrogens (tertiary/aromatic N) is 4. The lowest BCUT2D eigenvalue weighted by atomic mass is 10.0. The van der Waals surface area contributed by atoms with Crippen LogP contribution >= 0.6 is 0 Å². The highest BCUT2D eigenvalue weighted by molar-refractivity contribution is 5.93. The third-order valence-electron chi connectivity index (χ3n) is 4.33. The average Bonchev–Trinajstić information content (AvgIpc) is 3.03. The van der Waals surface area contributed by atoms with Gasteiger partial charge >= 0.3 is 0 Å². The zero-order valence-electron chi connectivity index (χ0n) is 13.9. The second kappa shape index (κ2) is 6.94. The van der Waals surface area contributed by atoms with Crippen molar-refractivity contribution in [3.05, 3.63) is 48.0 Å². The largest absolute Gasteiger partial charge is 0.338 e. The van der Waals surface area contributed by atoms with Gasteiger partial charge in [0.05, 0.1) is 17.8 Å². The van der Waals surface area contributed by atoms with Gasteiger partial charge in [0.25, 0.3) is 5.91 Å². The predicted molar refractivity (Wildman–Crippen MR) is 89.2 cm³/mol. The molecule has 2 aromatic heterocycles. The molecule has 23 heavy (non-hydrogen) atoms. The van der Waals surface area contributed by atoms with Gasteiger partial charge < -0.3 is 4.90 Å². The van der Waals surface area contributed by atoms with Crippen molar-refractivity contribution in [2.24, 2.45) is 5.92 Å². The monoisotopic (exact) mass is 312 g/mol. The zero-order chi connectivity index (χ0) is 16.2. The molecule has 1 fully saturated rings. The normalized spacial score (nSPS) is 16.0. The molecule has 0 saturated carbocycles. The Bertz CT molecular complexity index is 642. The van der Waals surface area contributed by atoms with E-state index in [9.17, 15) is 4.79 Å². The molecule has 0 aliphatic carbocycles. The lowest BCUT2D eigenvalue weighted by Gasteiger charge is -2.32. The fourth-order valence-corrected chi connectivity index (χ4v) is 3.16. The molecule has 0 unspecified atom stereocenters. The summed E-state index contributed by atoms with van der Waals surface area (Å²) in [5.74, 6) is 0.726. The summed E-state index contributed by atoms with van der Waals surface area (Å²) in [4.78, 5) is 18.4. The van der Waals surface area contributed by atoms with Gasteiger partial charge in [0.1, 0.15) is 0 Å². The molecule has 0 bridgehead atoms. The van der Waals surface area contributed by atoms with Gasteiger partial charge in [0, 0.05) is 31.7 Å². The summed E-state index contributed by atoms with van der Waals surface area (Å²) in [5, 5.41) is 4.52. The van der Waals surface area contributed by atoms with Gasteiger partial charge in [-0.15, -0.1) is 0 Å². The SMILES string of the molecule is CC(C)Cc1cnn(C2CCN(C(=O)c3cccnc3)CC2)c1.